The van der Waals surface area contributed by atoms with Gasteiger partial charge in [-0.05, 0) is 18.4 Å². The highest BCUT2D eigenvalue weighted by atomic mass is 16.5. The highest BCUT2D eigenvalue weighted by molar-refractivity contribution is 5.79. The molecule has 0 bridgehead atoms. The van der Waals surface area contributed by atoms with Gasteiger partial charge in [-0.3, -0.25) is 24.1 Å². The largest absolute Gasteiger partial charge is 0.480 e. The number of rotatable bonds is 13. The minimum absolute atomic E-state index is 0.0145. The van der Waals surface area contributed by atoms with E-state index in [0.717, 1.165) is 0 Å². The Hall–Kier alpha value is -2.85. The summed E-state index contributed by atoms with van der Waals surface area (Å²) < 4.78 is 5.26. The average molecular weight is 441 g/mol. The lowest BCUT2D eigenvalue weighted by molar-refractivity contribution is -0.151. The molecule has 0 spiro atoms. The number of nitrogens with zero attached hydrogens (tertiary/aromatic N) is 5. The number of carbonyl (C=O) groups is 4. The lowest BCUT2D eigenvalue weighted by Crippen LogP contribution is -2.57. The number of nitrogens with one attached hydrogen (secondary N) is 1. The Kier molecular flexibility index (Phi) is 12.0. The van der Waals surface area contributed by atoms with E-state index in [1.54, 1.807) is 23.6 Å². The second-order valence-corrected chi connectivity index (χ2v) is 7.65. The summed E-state index contributed by atoms with van der Waals surface area (Å²) in [4.78, 5) is 53.1. The van der Waals surface area contributed by atoms with E-state index in [0.29, 0.717) is 38.9 Å². The molecular formula is C19H32N6O6. The molecule has 1 atom stereocenters. The summed E-state index contributed by atoms with van der Waals surface area (Å²) in [6.45, 7) is 4.78. The van der Waals surface area contributed by atoms with E-state index in [-0.39, 0.29) is 56.4 Å². The number of aliphatic carboxylic acids is 1. The quantitative estimate of drug-likeness (QED) is 0.140. The molecule has 1 aliphatic heterocycles. The molecule has 1 heterocycles. The number of ether oxygens (including phenoxy) is 1. The Morgan fingerprint density at radius 3 is 2.61 bits per heavy atom. The second kappa shape index (κ2) is 14.2. The van der Waals surface area contributed by atoms with Crippen LogP contribution in [0.2, 0.25) is 0 Å². The predicted octanol–water partition coefficient (Wildman–Crippen LogP) is 0.770. The van der Waals surface area contributed by atoms with Crippen molar-refractivity contribution in [2.75, 3.05) is 45.9 Å². The second-order valence-electron chi connectivity index (χ2n) is 7.65. The number of hydrogen-bond donors (Lipinski definition) is 2. The van der Waals surface area contributed by atoms with Crippen molar-refractivity contribution in [1.29, 1.82) is 0 Å². The zero-order valence-corrected chi connectivity index (χ0v) is 18.2. The Morgan fingerprint density at radius 2 is 1.97 bits per heavy atom. The molecule has 174 valence electrons. The maximum atomic E-state index is 12.5. The van der Waals surface area contributed by atoms with Crippen molar-refractivity contribution in [3.63, 3.8) is 0 Å². The van der Waals surface area contributed by atoms with Crippen molar-refractivity contribution in [2.24, 2.45) is 11.0 Å². The van der Waals surface area contributed by atoms with Gasteiger partial charge in [-0.25, -0.2) is 0 Å². The third kappa shape index (κ3) is 10.7. The number of piperazine rings is 1. The van der Waals surface area contributed by atoms with E-state index in [9.17, 15) is 19.2 Å². The van der Waals surface area contributed by atoms with Crippen LogP contribution in [0.4, 0.5) is 0 Å². The Labute approximate surface area is 181 Å². The highest BCUT2D eigenvalue weighted by Crippen LogP contribution is 2.12. The number of esters is 1. The van der Waals surface area contributed by atoms with Crippen LogP contribution in [0.25, 0.3) is 10.4 Å². The minimum Gasteiger partial charge on any atom is -0.480 e. The van der Waals surface area contributed by atoms with E-state index >= 15 is 0 Å². The molecule has 0 aliphatic carbocycles. The van der Waals surface area contributed by atoms with Gasteiger partial charge in [0.15, 0.2) is 0 Å². The fourth-order valence-electron chi connectivity index (χ4n) is 3.07. The van der Waals surface area contributed by atoms with Crippen molar-refractivity contribution in [3.8, 4) is 0 Å². The van der Waals surface area contributed by atoms with E-state index in [1.165, 1.54) is 0 Å². The first kappa shape index (κ1) is 26.2. The molecule has 1 unspecified atom stereocenters. The third-order valence-electron chi connectivity index (χ3n) is 4.82. The van der Waals surface area contributed by atoms with Crippen molar-refractivity contribution < 1.29 is 29.0 Å². The smallest absolute Gasteiger partial charge is 0.317 e. The molecule has 12 nitrogen and oxygen atoms in total. The van der Waals surface area contributed by atoms with Crippen molar-refractivity contribution in [1.82, 2.24) is 15.1 Å². The molecule has 0 aromatic heterocycles. The molecule has 0 radical (unpaired) electrons. The minimum atomic E-state index is -0.984. The van der Waals surface area contributed by atoms with Crippen LogP contribution >= 0.6 is 0 Å². The van der Waals surface area contributed by atoms with Crippen molar-refractivity contribution in [3.05, 3.63) is 10.4 Å². The van der Waals surface area contributed by atoms with Crippen molar-refractivity contribution in [2.45, 2.75) is 45.6 Å². The molecule has 1 aliphatic rings. The molecule has 0 aromatic carbocycles. The summed E-state index contributed by atoms with van der Waals surface area (Å²) in [5.74, 6) is -1.97. The maximum Gasteiger partial charge on any atom is 0.317 e. The van der Waals surface area contributed by atoms with Gasteiger partial charge in [0, 0.05) is 50.5 Å². The third-order valence-corrected chi connectivity index (χ3v) is 4.82. The SMILES string of the molecule is CC(C)C(=O)OCC1CN(C(=O)CCNC(=O)CCCCN=[N+]=[N-])CCN1CC(=O)O. The van der Waals surface area contributed by atoms with Gasteiger partial charge >= 0.3 is 11.9 Å². The zero-order chi connectivity index (χ0) is 23.2. The van der Waals surface area contributed by atoms with Gasteiger partial charge in [0.05, 0.1) is 18.5 Å². The maximum absolute atomic E-state index is 12.5. The molecule has 2 N–H and O–H groups in total. The average Bonchev–Trinajstić information content (AvgIpc) is 2.72. The molecule has 1 saturated heterocycles. The molecule has 2 amide bonds. The molecular weight excluding hydrogens is 408 g/mol. The fraction of sp³-hybridized carbons (Fsp3) is 0.789. The lowest BCUT2D eigenvalue weighted by atomic mass is 10.1. The Bertz CT molecular complexity index is 679. The normalized spacial score (nSPS) is 16.5. The standard InChI is InChI=1S/C19H32N6O6/c1-14(2)19(30)31-13-15-11-25(10-9-24(15)12-18(28)29)17(27)6-8-21-16(26)5-3-4-7-22-23-20/h14-15H,3-13H2,1-2H3,(H,21,26)(H,28,29). The summed E-state index contributed by atoms with van der Waals surface area (Å²) in [6.07, 6.45) is 1.65. The van der Waals surface area contributed by atoms with Gasteiger partial charge in [-0.15, -0.1) is 0 Å². The first-order chi connectivity index (χ1) is 14.7. The van der Waals surface area contributed by atoms with E-state index < -0.39 is 12.0 Å². The van der Waals surface area contributed by atoms with Gasteiger partial charge in [0.1, 0.15) is 6.61 Å². The summed E-state index contributed by atoms with van der Waals surface area (Å²) >= 11 is 0. The Balaban J connectivity index is 2.45. The zero-order valence-electron chi connectivity index (χ0n) is 18.2. The van der Waals surface area contributed by atoms with E-state index in [4.69, 9.17) is 15.4 Å². The molecule has 0 aromatic rings. The summed E-state index contributed by atoms with van der Waals surface area (Å²) in [7, 11) is 0. The fourth-order valence-corrected chi connectivity index (χ4v) is 3.07. The number of carboxylic acids is 1. The van der Waals surface area contributed by atoms with Crippen LogP contribution in [0.3, 0.4) is 0 Å². The number of amides is 2. The lowest BCUT2D eigenvalue weighted by Gasteiger charge is -2.40. The van der Waals surface area contributed by atoms with Crippen LogP contribution in [0.5, 0.6) is 0 Å². The summed E-state index contributed by atoms with van der Waals surface area (Å²) in [6, 6.07) is -0.401. The molecule has 1 rings (SSSR count). The number of carbonyl (C=O) groups excluding carboxylic acids is 3. The van der Waals surface area contributed by atoms with Gasteiger partial charge < -0.3 is 20.1 Å². The number of azide groups is 1. The number of hydrogen-bond acceptors (Lipinski definition) is 7. The molecule has 31 heavy (non-hydrogen) atoms. The van der Waals surface area contributed by atoms with Gasteiger partial charge in [-0.1, -0.05) is 19.0 Å². The van der Waals surface area contributed by atoms with Gasteiger partial charge in [0.2, 0.25) is 11.8 Å². The van der Waals surface area contributed by atoms with Crippen LogP contribution in [0, 0.1) is 5.92 Å². The topological polar surface area (TPSA) is 165 Å². The van der Waals surface area contributed by atoms with Crippen LogP contribution in [0.1, 0.15) is 39.5 Å². The summed E-state index contributed by atoms with van der Waals surface area (Å²) in [5, 5.41) is 15.2. The van der Waals surface area contributed by atoms with Crippen LogP contribution in [0.15, 0.2) is 5.11 Å². The molecule has 0 saturated carbocycles. The predicted molar refractivity (Wildman–Crippen MR) is 111 cm³/mol. The highest BCUT2D eigenvalue weighted by Gasteiger charge is 2.31. The summed E-state index contributed by atoms with van der Waals surface area (Å²) in [5.41, 5.74) is 8.19. The van der Waals surface area contributed by atoms with Crippen LogP contribution in [-0.2, 0) is 23.9 Å². The first-order valence-electron chi connectivity index (χ1n) is 10.4. The molecule has 1 fully saturated rings. The van der Waals surface area contributed by atoms with Crippen LogP contribution in [-0.4, -0.2) is 90.6 Å². The van der Waals surface area contributed by atoms with Gasteiger partial charge in [-0.2, -0.15) is 0 Å². The Morgan fingerprint density at radius 1 is 1.23 bits per heavy atom. The first-order valence-corrected chi connectivity index (χ1v) is 10.4. The van der Waals surface area contributed by atoms with Crippen molar-refractivity contribution >= 4 is 23.8 Å². The number of unbranched alkanes of at least 4 members (excludes halogenated alkanes) is 1. The number of carboxylic acid groups (broad SMARTS) is 1. The molecule has 12 heteroatoms. The monoisotopic (exact) mass is 440 g/mol. The van der Waals surface area contributed by atoms with E-state index in [2.05, 4.69) is 15.3 Å². The van der Waals surface area contributed by atoms with Gasteiger partial charge in [0.25, 0.3) is 0 Å². The van der Waals surface area contributed by atoms with Crippen LogP contribution < -0.4 is 5.32 Å². The van der Waals surface area contributed by atoms with E-state index in [1.807, 2.05) is 0 Å².